The first-order valence-corrected chi connectivity index (χ1v) is 10.1. The number of para-hydroxylation sites is 1. The highest BCUT2D eigenvalue weighted by molar-refractivity contribution is 6.11. The van der Waals surface area contributed by atoms with Crippen LogP contribution in [-0.4, -0.2) is 24.0 Å². The van der Waals surface area contributed by atoms with E-state index in [-0.39, 0.29) is 5.78 Å². The molecule has 150 valence electrons. The van der Waals surface area contributed by atoms with Gasteiger partial charge in [-0.25, -0.2) is 0 Å². The maximum absolute atomic E-state index is 13.6. The molecule has 1 aliphatic heterocycles. The molecular weight excluding hydrogens is 376 g/mol. The van der Waals surface area contributed by atoms with Crippen molar-refractivity contribution in [3.8, 4) is 11.5 Å². The van der Waals surface area contributed by atoms with Crippen LogP contribution in [0.1, 0.15) is 28.4 Å². The molecule has 1 atom stereocenters. The number of hydrogen-bond donors (Lipinski definition) is 2. The van der Waals surface area contributed by atoms with Crippen molar-refractivity contribution in [1.82, 2.24) is 4.98 Å². The fourth-order valence-corrected chi connectivity index (χ4v) is 3.80. The quantitative estimate of drug-likeness (QED) is 0.444. The predicted octanol–water partition coefficient (Wildman–Crippen LogP) is 5.37. The number of rotatable bonds is 5. The molecular formula is C25H22N2O3. The van der Waals surface area contributed by atoms with Crippen molar-refractivity contribution in [3.63, 3.8) is 0 Å². The fourth-order valence-electron chi connectivity index (χ4n) is 3.80. The average molecular weight is 398 g/mol. The zero-order chi connectivity index (χ0) is 20.3. The van der Waals surface area contributed by atoms with Crippen molar-refractivity contribution in [3.05, 3.63) is 90.1 Å². The number of benzene rings is 3. The molecule has 0 amide bonds. The van der Waals surface area contributed by atoms with E-state index in [1.807, 2.05) is 72.8 Å². The van der Waals surface area contributed by atoms with E-state index in [1.54, 1.807) is 6.20 Å². The van der Waals surface area contributed by atoms with E-state index in [1.165, 1.54) is 0 Å². The van der Waals surface area contributed by atoms with Crippen molar-refractivity contribution in [2.75, 3.05) is 18.5 Å². The zero-order valence-corrected chi connectivity index (χ0v) is 16.4. The van der Waals surface area contributed by atoms with Crippen LogP contribution in [0.25, 0.3) is 10.9 Å². The van der Waals surface area contributed by atoms with Gasteiger partial charge in [0.15, 0.2) is 17.3 Å². The Hall–Kier alpha value is -3.73. The van der Waals surface area contributed by atoms with Gasteiger partial charge in [0, 0.05) is 40.8 Å². The summed E-state index contributed by atoms with van der Waals surface area (Å²) in [7, 11) is 0. The molecule has 2 heterocycles. The van der Waals surface area contributed by atoms with Gasteiger partial charge in [-0.2, -0.15) is 0 Å². The summed E-state index contributed by atoms with van der Waals surface area (Å²) < 4.78 is 11.5. The van der Waals surface area contributed by atoms with Crippen molar-refractivity contribution in [2.45, 2.75) is 12.5 Å². The van der Waals surface area contributed by atoms with Crippen LogP contribution < -0.4 is 14.8 Å². The number of aromatic nitrogens is 1. The molecule has 1 aliphatic rings. The first-order valence-electron chi connectivity index (χ1n) is 10.1. The summed E-state index contributed by atoms with van der Waals surface area (Å²) in [6, 6.07) is 22.8. The van der Waals surface area contributed by atoms with E-state index < -0.39 is 6.04 Å². The summed E-state index contributed by atoms with van der Waals surface area (Å²) in [4.78, 5) is 16.8. The third kappa shape index (κ3) is 3.50. The number of ether oxygens (including phenoxy) is 2. The van der Waals surface area contributed by atoms with Gasteiger partial charge in [0.2, 0.25) is 0 Å². The first-order chi connectivity index (χ1) is 14.8. The number of aromatic amines is 1. The number of Topliss-reactive ketones (excluding diaryl/α,β-unsaturated/α-hetero) is 1. The molecule has 0 fully saturated rings. The molecule has 0 saturated carbocycles. The second-order valence-electron chi connectivity index (χ2n) is 7.31. The van der Waals surface area contributed by atoms with E-state index in [0.29, 0.717) is 24.5 Å². The highest BCUT2D eigenvalue weighted by Gasteiger charge is 2.25. The van der Waals surface area contributed by atoms with Crippen molar-refractivity contribution in [1.29, 1.82) is 0 Å². The minimum Gasteiger partial charge on any atom is -0.490 e. The van der Waals surface area contributed by atoms with Gasteiger partial charge < -0.3 is 19.8 Å². The lowest BCUT2D eigenvalue weighted by Gasteiger charge is -2.20. The maximum atomic E-state index is 13.6. The Morgan fingerprint density at radius 3 is 2.53 bits per heavy atom. The molecule has 4 aromatic rings. The lowest BCUT2D eigenvalue weighted by Crippen LogP contribution is -2.21. The van der Waals surface area contributed by atoms with Crippen LogP contribution >= 0.6 is 0 Å². The molecule has 3 aromatic carbocycles. The SMILES string of the molecule is O=C(c1c[nH]c2ccccc12)[C@@H](Nc1ccc2c(c1)OCCCO2)c1ccccc1. The number of ketones is 1. The molecule has 0 bridgehead atoms. The molecule has 5 heteroatoms. The highest BCUT2D eigenvalue weighted by atomic mass is 16.5. The summed E-state index contributed by atoms with van der Waals surface area (Å²) in [5.41, 5.74) is 3.32. The zero-order valence-electron chi connectivity index (χ0n) is 16.4. The average Bonchev–Trinajstić information content (AvgIpc) is 3.08. The van der Waals surface area contributed by atoms with Crippen molar-refractivity contribution >= 4 is 22.4 Å². The van der Waals surface area contributed by atoms with E-state index in [2.05, 4.69) is 10.3 Å². The Bertz CT molecular complexity index is 1180. The number of fused-ring (bicyclic) bond motifs is 2. The Labute approximate surface area is 174 Å². The fraction of sp³-hybridized carbons (Fsp3) is 0.160. The molecule has 0 aliphatic carbocycles. The van der Waals surface area contributed by atoms with Gasteiger partial charge in [0.05, 0.1) is 13.2 Å². The van der Waals surface area contributed by atoms with Gasteiger partial charge in [0.25, 0.3) is 0 Å². The topological polar surface area (TPSA) is 63.4 Å². The first kappa shape index (κ1) is 18.3. The summed E-state index contributed by atoms with van der Waals surface area (Å²) in [6.45, 7) is 1.26. The highest BCUT2D eigenvalue weighted by Crippen LogP contribution is 2.34. The molecule has 0 radical (unpaired) electrons. The third-order valence-electron chi connectivity index (χ3n) is 5.31. The largest absolute Gasteiger partial charge is 0.490 e. The smallest absolute Gasteiger partial charge is 0.191 e. The van der Waals surface area contributed by atoms with Crippen LogP contribution in [0, 0.1) is 0 Å². The predicted molar refractivity (Wildman–Crippen MR) is 117 cm³/mol. The number of carbonyl (C=O) groups excluding carboxylic acids is 1. The molecule has 30 heavy (non-hydrogen) atoms. The van der Waals surface area contributed by atoms with Crippen LogP contribution in [0.15, 0.2) is 79.0 Å². The molecule has 0 spiro atoms. The van der Waals surface area contributed by atoms with E-state index in [0.717, 1.165) is 34.3 Å². The van der Waals surface area contributed by atoms with Gasteiger partial charge in [-0.3, -0.25) is 4.79 Å². The van der Waals surface area contributed by atoms with Gasteiger partial charge in [-0.05, 0) is 23.8 Å². The van der Waals surface area contributed by atoms with Crippen LogP contribution in [0.4, 0.5) is 5.69 Å². The number of carbonyl (C=O) groups is 1. The minimum absolute atomic E-state index is 0.00533. The van der Waals surface area contributed by atoms with Crippen LogP contribution in [0.3, 0.4) is 0 Å². The lowest BCUT2D eigenvalue weighted by molar-refractivity contribution is 0.0971. The maximum Gasteiger partial charge on any atom is 0.191 e. The number of hydrogen-bond acceptors (Lipinski definition) is 4. The van der Waals surface area contributed by atoms with Crippen LogP contribution in [-0.2, 0) is 0 Å². The second kappa shape index (κ2) is 7.95. The van der Waals surface area contributed by atoms with E-state index in [4.69, 9.17) is 9.47 Å². The summed E-state index contributed by atoms with van der Waals surface area (Å²) in [5, 5.41) is 4.34. The molecule has 0 saturated heterocycles. The Kier molecular flexibility index (Phi) is 4.85. The monoisotopic (exact) mass is 398 g/mol. The Morgan fingerprint density at radius 1 is 0.900 bits per heavy atom. The molecule has 5 nitrogen and oxygen atoms in total. The molecule has 2 N–H and O–H groups in total. The van der Waals surface area contributed by atoms with Crippen molar-refractivity contribution < 1.29 is 14.3 Å². The standard InChI is InChI=1S/C25H22N2O3/c28-25(20-16-26-21-10-5-4-9-19(20)21)24(17-7-2-1-3-8-17)27-18-11-12-22-23(15-18)30-14-6-13-29-22/h1-5,7-12,15-16,24,26-27H,6,13-14H2/t24-/m0/s1. The lowest BCUT2D eigenvalue weighted by atomic mass is 9.96. The number of anilines is 1. The number of nitrogens with one attached hydrogen (secondary N) is 2. The van der Waals surface area contributed by atoms with Crippen molar-refractivity contribution in [2.24, 2.45) is 0 Å². The molecule has 5 rings (SSSR count). The van der Waals surface area contributed by atoms with E-state index in [9.17, 15) is 4.79 Å². The summed E-state index contributed by atoms with van der Waals surface area (Å²) >= 11 is 0. The number of H-pyrrole nitrogens is 1. The Morgan fingerprint density at radius 2 is 1.67 bits per heavy atom. The third-order valence-corrected chi connectivity index (χ3v) is 5.31. The van der Waals surface area contributed by atoms with E-state index >= 15 is 0 Å². The van der Waals surface area contributed by atoms with Crippen LogP contribution in [0.5, 0.6) is 11.5 Å². The van der Waals surface area contributed by atoms with Crippen LogP contribution in [0.2, 0.25) is 0 Å². The van der Waals surface area contributed by atoms with Gasteiger partial charge in [-0.1, -0.05) is 48.5 Å². The minimum atomic E-state index is -0.532. The van der Waals surface area contributed by atoms with Gasteiger partial charge in [0.1, 0.15) is 6.04 Å². The van der Waals surface area contributed by atoms with Gasteiger partial charge in [-0.15, -0.1) is 0 Å². The normalized spacial score (nSPS) is 14.1. The Balaban J connectivity index is 1.52. The molecule has 0 unspecified atom stereocenters. The second-order valence-corrected chi connectivity index (χ2v) is 7.31. The molecule has 1 aromatic heterocycles. The van der Waals surface area contributed by atoms with Gasteiger partial charge >= 0.3 is 0 Å². The summed E-state index contributed by atoms with van der Waals surface area (Å²) in [6.07, 6.45) is 2.64. The summed E-state index contributed by atoms with van der Waals surface area (Å²) in [5.74, 6) is 1.44.